The van der Waals surface area contributed by atoms with Crippen LogP contribution in [0.3, 0.4) is 0 Å². The fourth-order valence-corrected chi connectivity index (χ4v) is 4.60. The molecular weight excluding hydrogens is 406 g/mol. The molecule has 4 aromatic rings. The maximum atomic E-state index is 12.7. The van der Waals surface area contributed by atoms with Gasteiger partial charge in [0.25, 0.3) is 0 Å². The van der Waals surface area contributed by atoms with Crippen molar-refractivity contribution in [1.82, 2.24) is 0 Å². The van der Waals surface area contributed by atoms with Gasteiger partial charge in [-0.25, -0.2) is 4.79 Å². The van der Waals surface area contributed by atoms with Crippen LogP contribution in [-0.4, -0.2) is 17.6 Å². The van der Waals surface area contributed by atoms with E-state index in [1.54, 1.807) is 18.2 Å². The molecule has 0 aliphatic heterocycles. The van der Waals surface area contributed by atoms with Crippen LogP contribution in [0.5, 0.6) is 0 Å². The Hall–Kier alpha value is -3.38. The SMILES string of the molecule is Cc1c(CC(=O)Nc2ccc(CCO)cc2)c(=O)oc2cc3oc4c(c3cc12)CCCC4. The number of aryl methyl sites for hydroxylation is 3. The van der Waals surface area contributed by atoms with Gasteiger partial charge in [0.05, 0.1) is 12.0 Å². The zero-order chi connectivity index (χ0) is 22.2. The topological polar surface area (TPSA) is 92.7 Å². The smallest absolute Gasteiger partial charge is 0.340 e. The lowest BCUT2D eigenvalue weighted by atomic mass is 9.94. The van der Waals surface area contributed by atoms with Crippen LogP contribution in [-0.2, 0) is 30.5 Å². The van der Waals surface area contributed by atoms with E-state index in [4.69, 9.17) is 13.9 Å². The van der Waals surface area contributed by atoms with Gasteiger partial charge in [0.1, 0.15) is 16.9 Å². The van der Waals surface area contributed by atoms with Crippen molar-refractivity contribution in [2.75, 3.05) is 11.9 Å². The normalized spacial score (nSPS) is 13.4. The number of nitrogens with one attached hydrogen (secondary N) is 1. The number of furan rings is 1. The minimum Gasteiger partial charge on any atom is -0.461 e. The van der Waals surface area contributed by atoms with Crippen LogP contribution in [0.4, 0.5) is 5.69 Å². The quantitative estimate of drug-likeness (QED) is 0.456. The van der Waals surface area contributed by atoms with Gasteiger partial charge in [-0.15, -0.1) is 0 Å². The van der Waals surface area contributed by atoms with Crippen molar-refractivity contribution in [3.05, 3.63) is 74.8 Å². The second-order valence-electron chi connectivity index (χ2n) is 8.44. The van der Waals surface area contributed by atoms with E-state index in [1.807, 2.05) is 25.1 Å². The second-order valence-corrected chi connectivity index (χ2v) is 8.44. The standard InChI is InChI=1S/C26H25NO5/c1-15-19-12-21-18-4-2-3-5-22(18)31-24(21)14-23(19)32-26(30)20(15)13-25(29)27-17-8-6-16(7-9-17)10-11-28/h6-9,12,14,28H,2-5,10-11,13H2,1H3,(H,27,29). The van der Waals surface area contributed by atoms with E-state index in [1.165, 1.54) is 5.56 Å². The first-order valence-electron chi connectivity index (χ1n) is 11.0. The van der Waals surface area contributed by atoms with E-state index in [2.05, 4.69) is 5.32 Å². The molecule has 0 radical (unpaired) electrons. The fourth-order valence-electron chi connectivity index (χ4n) is 4.60. The first-order valence-corrected chi connectivity index (χ1v) is 11.0. The van der Waals surface area contributed by atoms with Crippen LogP contribution >= 0.6 is 0 Å². The minimum absolute atomic E-state index is 0.0654. The van der Waals surface area contributed by atoms with Gasteiger partial charge in [-0.1, -0.05) is 12.1 Å². The molecule has 0 saturated heterocycles. The summed E-state index contributed by atoms with van der Waals surface area (Å²) in [7, 11) is 0. The first-order chi connectivity index (χ1) is 15.5. The van der Waals surface area contributed by atoms with Crippen molar-refractivity contribution < 1.29 is 18.7 Å². The Morgan fingerprint density at radius 1 is 1.03 bits per heavy atom. The Bertz CT molecular complexity index is 1380. The molecule has 0 bridgehead atoms. The van der Waals surface area contributed by atoms with Crippen LogP contribution in [0.15, 0.2) is 50.0 Å². The molecule has 6 heteroatoms. The molecule has 2 aromatic heterocycles. The number of hydrogen-bond donors (Lipinski definition) is 2. The number of benzene rings is 2. The Balaban J connectivity index is 1.46. The van der Waals surface area contributed by atoms with E-state index in [9.17, 15) is 9.59 Å². The summed E-state index contributed by atoms with van der Waals surface area (Å²) in [6.07, 6.45) is 4.72. The zero-order valence-electron chi connectivity index (χ0n) is 18.0. The van der Waals surface area contributed by atoms with Crippen molar-refractivity contribution in [2.24, 2.45) is 0 Å². The third-order valence-electron chi connectivity index (χ3n) is 6.34. The maximum Gasteiger partial charge on any atom is 0.340 e. The molecule has 32 heavy (non-hydrogen) atoms. The predicted molar refractivity (Wildman–Crippen MR) is 123 cm³/mol. The molecule has 1 amide bonds. The number of aliphatic hydroxyl groups is 1. The van der Waals surface area contributed by atoms with Crippen LogP contribution < -0.4 is 10.9 Å². The summed E-state index contributed by atoms with van der Waals surface area (Å²) in [4.78, 5) is 25.3. The summed E-state index contributed by atoms with van der Waals surface area (Å²) in [5, 5.41) is 13.8. The molecule has 164 valence electrons. The number of anilines is 1. The summed E-state index contributed by atoms with van der Waals surface area (Å²) in [6, 6.07) is 11.1. The molecule has 2 N–H and O–H groups in total. The summed E-state index contributed by atoms with van der Waals surface area (Å²) in [5.41, 5.74) is 4.75. The lowest BCUT2D eigenvalue weighted by molar-refractivity contribution is -0.115. The zero-order valence-corrected chi connectivity index (χ0v) is 18.0. The van der Waals surface area contributed by atoms with E-state index in [-0.39, 0.29) is 18.9 Å². The van der Waals surface area contributed by atoms with Gasteiger partial charge < -0.3 is 19.3 Å². The summed E-state index contributed by atoms with van der Waals surface area (Å²) in [6.45, 7) is 1.95. The molecule has 5 rings (SSSR count). The van der Waals surface area contributed by atoms with Crippen molar-refractivity contribution in [3.63, 3.8) is 0 Å². The van der Waals surface area contributed by atoms with Gasteiger partial charge in [-0.3, -0.25) is 4.79 Å². The van der Waals surface area contributed by atoms with Crippen LogP contribution in [0.1, 0.15) is 40.9 Å². The van der Waals surface area contributed by atoms with Crippen molar-refractivity contribution in [1.29, 1.82) is 0 Å². The second kappa shape index (κ2) is 8.28. The summed E-state index contributed by atoms with van der Waals surface area (Å²) in [5.74, 6) is 0.752. The average Bonchev–Trinajstić information content (AvgIpc) is 3.14. The van der Waals surface area contributed by atoms with E-state index >= 15 is 0 Å². The number of amides is 1. The Morgan fingerprint density at radius 2 is 1.78 bits per heavy atom. The van der Waals surface area contributed by atoms with Gasteiger partial charge in [0, 0.05) is 41.1 Å². The van der Waals surface area contributed by atoms with Crippen molar-refractivity contribution >= 4 is 33.5 Å². The highest BCUT2D eigenvalue weighted by Gasteiger charge is 2.21. The molecule has 0 unspecified atom stereocenters. The van der Waals surface area contributed by atoms with E-state index in [0.717, 1.165) is 58.9 Å². The highest BCUT2D eigenvalue weighted by atomic mass is 16.4. The minimum atomic E-state index is -0.501. The predicted octanol–water partition coefficient (Wildman–Crippen LogP) is 4.44. The van der Waals surface area contributed by atoms with Crippen molar-refractivity contribution in [2.45, 2.75) is 45.4 Å². The Kier molecular flexibility index (Phi) is 5.31. The number of hydrogen-bond acceptors (Lipinski definition) is 5. The summed E-state index contributed by atoms with van der Waals surface area (Å²) < 4.78 is 11.6. The third kappa shape index (κ3) is 3.71. The molecule has 0 fully saturated rings. The Morgan fingerprint density at radius 3 is 2.56 bits per heavy atom. The number of aliphatic hydroxyl groups excluding tert-OH is 1. The van der Waals surface area contributed by atoms with Gasteiger partial charge in [-0.05, 0) is 61.9 Å². The van der Waals surface area contributed by atoms with Crippen LogP contribution in [0.25, 0.3) is 21.9 Å². The molecule has 1 aliphatic rings. The summed E-state index contributed by atoms with van der Waals surface area (Å²) >= 11 is 0. The lowest BCUT2D eigenvalue weighted by Crippen LogP contribution is -2.20. The molecule has 6 nitrogen and oxygen atoms in total. The van der Waals surface area contributed by atoms with Gasteiger partial charge in [0.2, 0.25) is 5.91 Å². The Labute approximate surface area is 184 Å². The molecule has 0 spiro atoms. The van der Waals surface area contributed by atoms with Gasteiger partial charge in [-0.2, -0.15) is 0 Å². The highest BCUT2D eigenvalue weighted by Crippen LogP contribution is 2.35. The molecular formula is C26H25NO5. The molecule has 2 heterocycles. The van der Waals surface area contributed by atoms with Crippen LogP contribution in [0.2, 0.25) is 0 Å². The molecule has 0 saturated carbocycles. The van der Waals surface area contributed by atoms with Gasteiger partial charge >= 0.3 is 5.63 Å². The van der Waals surface area contributed by atoms with Crippen molar-refractivity contribution in [3.8, 4) is 0 Å². The molecule has 2 aromatic carbocycles. The van der Waals surface area contributed by atoms with E-state index < -0.39 is 5.63 Å². The first kappa shape index (κ1) is 20.5. The lowest BCUT2D eigenvalue weighted by Gasteiger charge is -2.10. The van der Waals surface area contributed by atoms with Gasteiger partial charge in [0.15, 0.2) is 0 Å². The third-order valence-corrected chi connectivity index (χ3v) is 6.34. The highest BCUT2D eigenvalue weighted by molar-refractivity contribution is 5.98. The maximum absolute atomic E-state index is 12.7. The number of fused-ring (bicyclic) bond motifs is 4. The largest absolute Gasteiger partial charge is 0.461 e. The van der Waals surface area contributed by atoms with Crippen LogP contribution in [0, 0.1) is 6.92 Å². The fraction of sp³-hybridized carbons (Fsp3) is 0.308. The number of carbonyl (C=O) groups is 1. The average molecular weight is 431 g/mol. The molecule has 0 atom stereocenters. The monoisotopic (exact) mass is 431 g/mol. The van der Waals surface area contributed by atoms with E-state index in [0.29, 0.717) is 23.3 Å². The molecule has 1 aliphatic carbocycles. The number of carbonyl (C=O) groups excluding carboxylic acids is 1. The number of rotatable bonds is 5.